The summed E-state index contributed by atoms with van der Waals surface area (Å²) in [6.07, 6.45) is 4.23. The quantitative estimate of drug-likeness (QED) is 0.834. The smallest absolute Gasteiger partial charge is 0.250 e. The van der Waals surface area contributed by atoms with E-state index in [4.69, 9.17) is 4.74 Å². The first-order valence-corrected chi connectivity index (χ1v) is 9.77. The van der Waals surface area contributed by atoms with Crippen molar-refractivity contribution in [3.05, 3.63) is 16.5 Å². The Morgan fingerprint density at radius 1 is 1.33 bits per heavy atom. The highest BCUT2D eigenvalue weighted by molar-refractivity contribution is 7.91. The number of nitrogens with one attached hydrogen (secondary N) is 2. The third-order valence-corrected chi connectivity index (χ3v) is 7.10. The van der Waals surface area contributed by atoms with Crippen LogP contribution in [0.25, 0.3) is 0 Å². The van der Waals surface area contributed by atoms with E-state index in [1.165, 1.54) is 24.2 Å². The van der Waals surface area contributed by atoms with Crippen LogP contribution in [-0.4, -0.2) is 33.7 Å². The van der Waals surface area contributed by atoms with Gasteiger partial charge < -0.3 is 10.1 Å². The first-order valence-electron chi connectivity index (χ1n) is 7.47. The Hall–Kier alpha value is -0.470. The van der Waals surface area contributed by atoms with Crippen LogP contribution in [-0.2, 0) is 21.3 Å². The van der Waals surface area contributed by atoms with Crippen molar-refractivity contribution in [3.8, 4) is 0 Å². The van der Waals surface area contributed by atoms with Gasteiger partial charge in [-0.2, -0.15) is 0 Å². The summed E-state index contributed by atoms with van der Waals surface area (Å²) in [6.45, 7) is 3.94. The van der Waals surface area contributed by atoms with E-state index in [2.05, 4.69) is 10.0 Å². The Morgan fingerprint density at radius 2 is 2.14 bits per heavy atom. The van der Waals surface area contributed by atoms with Crippen LogP contribution in [0.1, 0.15) is 36.1 Å². The molecule has 1 saturated carbocycles. The van der Waals surface area contributed by atoms with Crippen LogP contribution in [0, 0.1) is 6.92 Å². The Bertz CT molecular complexity index is 587. The molecule has 1 saturated heterocycles. The van der Waals surface area contributed by atoms with Crippen LogP contribution in [0.5, 0.6) is 0 Å². The minimum Gasteiger partial charge on any atom is -0.380 e. The largest absolute Gasteiger partial charge is 0.380 e. The summed E-state index contributed by atoms with van der Waals surface area (Å²) in [5.74, 6) is 0. The van der Waals surface area contributed by atoms with Crippen molar-refractivity contribution in [2.45, 2.75) is 55.4 Å². The van der Waals surface area contributed by atoms with Crippen LogP contribution in [0.4, 0.5) is 0 Å². The summed E-state index contributed by atoms with van der Waals surface area (Å²) >= 11 is 1.37. The predicted molar refractivity (Wildman–Crippen MR) is 83.1 cm³/mol. The molecule has 1 aliphatic heterocycles. The zero-order valence-corrected chi connectivity index (χ0v) is 13.9. The van der Waals surface area contributed by atoms with E-state index < -0.39 is 10.0 Å². The second-order valence-corrected chi connectivity index (χ2v) is 8.94. The van der Waals surface area contributed by atoms with E-state index in [1.54, 1.807) is 6.07 Å². The van der Waals surface area contributed by atoms with Crippen molar-refractivity contribution < 1.29 is 13.2 Å². The van der Waals surface area contributed by atoms with Gasteiger partial charge in [-0.1, -0.05) is 0 Å². The first kappa shape index (κ1) is 15.4. The fourth-order valence-electron chi connectivity index (χ4n) is 2.43. The van der Waals surface area contributed by atoms with Gasteiger partial charge in [0.2, 0.25) is 10.0 Å². The van der Waals surface area contributed by atoms with Crippen molar-refractivity contribution in [1.82, 2.24) is 10.0 Å². The topological polar surface area (TPSA) is 67.4 Å². The summed E-state index contributed by atoms with van der Waals surface area (Å²) in [6, 6.07) is 2.31. The van der Waals surface area contributed by atoms with Crippen LogP contribution < -0.4 is 10.0 Å². The summed E-state index contributed by atoms with van der Waals surface area (Å²) in [4.78, 5) is 1.11. The van der Waals surface area contributed by atoms with Crippen molar-refractivity contribution in [1.29, 1.82) is 0 Å². The van der Waals surface area contributed by atoms with Gasteiger partial charge in [0.25, 0.3) is 0 Å². The summed E-state index contributed by atoms with van der Waals surface area (Å²) < 4.78 is 33.4. The van der Waals surface area contributed by atoms with Gasteiger partial charge in [0.15, 0.2) is 0 Å². The summed E-state index contributed by atoms with van der Waals surface area (Å²) in [5.41, 5.74) is 1.05. The molecule has 2 N–H and O–H groups in total. The average molecular weight is 330 g/mol. The minimum atomic E-state index is -3.42. The van der Waals surface area contributed by atoms with Gasteiger partial charge in [0.1, 0.15) is 4.21 Å². The maximum absolute atomic E-state index is 12.4. The lowest BCUT2D eigenvalue weighted by Crippen LogP contribution is -2.40. The molecule has 1 atom stereocenters. The number of ether oxygens (including phenoxy) is 1. The minimum absolute atomic E-state index is 0.0980. The fourth-order valence-corrected chi connectivity index (χ4v) is 5.24. The van der Waals surface area contributed by atoms with Gasteiger partial charge in [-0.25, -0.2) is 13.1 Å². The highest BCUT2D eigenvalue weighted by Crippen LogP contribution is 2.28. The molecule has 1 aliphatic carbocycles. The zero-order valence-electron chi connectivity index (χ0n) is 12.2. The standard InChI is InChI=1S/C14H22N2O3S2/c1-10-7-14(20-13(10)8-15-11-4-5-11)21(17,18)16-12-3-2-6-19-9-12/h7,11-12,15-16H,2-6,8-9H2,1H3. The molecular formula is C14H22N2O3S2. The molecule has 0 spiro atoms. The highest BCUT2D eigenvalue weighted by atomic mass is 32.2. The molecule has 2 fully saturated rings. The summed E-state index contributed by atoms with van der Waals surface area (Å²) in [7, 11) is -3.42. The molecule has 1 aromatic heterocycles. The molecule has 1 aromatic rings. The zero-order chi connectivity index (χ0) is 14.9. The van der Waals surface area contributed by atoms with Gasteiger partial charge in [-0.3, -0.25) is 0 Å². The first-order chi connectivity index (χ1) is 10.0. The normalized spacial score (nSPS) is 23.4. The maximum atomic E-state index is 12.4. The lowest BCUT2D eigenvalue weighted by Gasteiger charge is -2.22. The van der Waals surface area contributed by atoms with Crippen molar-refractivity contribution in [2.75, 3.05) is 13.2 Å². The predicted octanol–water partition coefficient (Wildman–Crippen LogP) is 1.77. The average Bonchev–Trinajstić information content (AvgIpc) is 3.20. The molecule has 0 amide bonds. The van der Waals surface area contributed by atoms with E-state index in [0.717, 1.165) is 36.4 Å². The van der Waals surface area contributed by atoms with E-state index in [1.807, 2.05) is 6.92 Å². The second kappa shape index (κ2) is 6.34. The monoisotopic (exact) mass is 330 g/mol. The van der Waals surface area contributed by atoms with E-state index in [0.29, 0.717) is 16.9 Å². The number of hydrogen-bond donors (Lipinski definition) is 2. The van der Waals surface area contributed by atoms with Gasteiger partial charge >= 0.3 is 0 Å². The Kier molecular flexibility index (Phi) is 4.66. The van der Waals surface area contributed by atoms with Crippen LogP contribution in [0.2, 0.25) is 0 Å². The molecule has 21 heavy (non-hydrogen) atoms. The maximum Gasteiger partial charge on any atom is 0.250 e. The SMILES string of the molecule is Cc1cc(S(=O)(=O)NC2CCCOC2)sc1CNC1CC1. The Labute approximate surface area is 130 Å². The molecule has 2 heterocycles. The number of hydrogen-bond acceptors (Lipinski definition) is 5. The molecule has 118 valence electrons. The second-order valence-electron chi connectivity index (χ2n) is 5.86. The van der Waals surface area contributed by atoms with E-state index in [9.17, 15) is 8.42 Å². The van der Waals surface area contributed by atoms with Gasteiger partial charge in [-0.15, -0.1) is 11.3 Å². The Morgan fingerprint density at radius 3 is 2.81 bits per heavy atom. The Balaban J connectivity index is 1.67. The fraction of sp³-hybridized carbons (Fsp3) is 0.714. The lowest BCUT2D eigenvalue weighted by molar-refractivity contribution is 0.0774. The van der Waals surface area contributed by atoms with Crippen LogP contribution >= 0.6 is 11.3 Å². The molecule has 7 heteroatoms. The summed E-state index contributed by atoms with van der Waals surface area (Å²) in [5, 5.41) is 3.44. The number of sulfonamides is 1. The molecule has 0 aromatic carbocycles. The van der Waals surface area contributed by atoms with Crippen molar-refractivity contribution in [3.63, 3.8) is 0 Å². The third kappa shape index (κ3) is 4.04. The van der Waals surface area contributed by atoms with E-state index >= 15 is 0 Å². The molecule has 2 aliphatic rings. The highest BCUT2D eigenvalue weighted by Gasteiger charge is 2.25. The molecule has 1 unspecified atom stereocenters. The van der Waals surface area contributed by atoms with Gasteiger partial charge in [-0.05, 0) is 44.2 Å². The molecule has 0 bridgehead atoms. The molecule has 5 nitrogen and oxygen atoms in total. The molecular weight excluding hydrogens is 308 g/mol. The number of rotatable bonds is 6. The van der Waals surface area contributed by atoms with Crippen LogP contribution in [0.3, 0.4) is 0 Å². The lowest BCUT2D eigenvalue weighted by atomic mass is 10.1. The number of thiophene rings is 1. The molecule has 0 radical (unpaired) electrons. The van der Waals surface area contributed by atoms with Crippen molar-refractivity contribution in [2.24, 2.45) is 0 Å². The van der Waals surface area contributed by atoms with Gasteiger partial charge in [0, 0.05) is 30.1 Å². The number of aryl methyl sites for hydroxylation is 1. The van der Waals surface area contributed by atoms with Crippen LogP contribution in [0.15, 0.2) is 10.3 Å². The van der Waals surface area contributed by atoms with E-state index in [-0.39, 0.29) is 6.04 Å². The molecule has 3 rings (SSSR count). The third-order valence-electron chi connectivity index (χ3n) is 3.87. The van der Waals surface area contributed by atoms with Gasteiger partial charge in [0.05, 0.1) is 6.61 Å². The van der Waals surface area contributed by atoms with Crippen molar-refractivity contribution >= 4 is 21.4 Å².